The Labute approximate surface area is 133 Å². The van der Waals surface area contributed by atoms with E-state index in [1.807, 2.05) is 0 Å². The van der Waals surface area contributed by atoms with Crippen molar-refractivity contribution in [2.75, 3.05) is 12.8 Å². The van der Waals surface area contributed by atoms with E-state index < -0.39 is 19.9 Å². The molecule has 1 unspecified atom stereocenters. The van der Waals surface area contributed by atoms with E-state index in [2.05, 4.69) is 20.7 Å². The van der Waals surface area contributed by atoms with Gasteiger partial charge in [-0.15, -0.1) is 0 Å². The van der Waals surface area contributed by atoms with Crippen molar-refractivity contribution in [3.05, 3.63) is 22.7 Å². The number of rotatable bonds is 6. The van der Waals surface area contributed by atoms with E-state index in [0.717, 1.165) is 19.1 Å². The van der Waals surface area contributed by atoms with Crippen LogP contribution in [0.5, 0.6) is 0 Å². The van der Waals surface area contributed by atoms with Crippen LogP contribution >= 0.6 is 15.9 Å². The van der Waals surface area contributed by atoms with Crippen LogP contribution in [0, 0.1) is 5.92 Å². The predicted octanol–water partition coefficient (Wildman–Crippen LogP) is 0.868. The molecule has 0 aliphatic heterocycles. The van der Waals surface area contributed by atoms with Gasteiger partial charge in [-0.3, -0.25) is 0 Å². The lowest BCUT2D eigenvalue weighted by Gasteiger charge is -2.13. The molecule has 21 heavy (non-hydrogen) atoms. The normalized spacial score (nSPS) is 17.7. The minimum Gasteiger partial charge on any atom is -0.326 e. The molecule has 1 aliphatic carbocycles. The van der Waals surface area contributed by atoms with Gasteiger partial charge in [-0.25, -0.2) is 21.6 Å². The molecule has 0 spiro atoms. The summed E-state index contributed by atoms with van der Waals surface area (Å²) in [5, 5.41) is 0. The number of hydrogen-bond acceptors (Lipinski definition) is 5. The lowest BCUT2D eigenvalue weighted by Crippen LogP contribution is -2.38. The average molecular weight is 397 g/mol. The number of halogens is 1. The van der Waals surface area contributed by atoms with E-state index in [1.165, 1.54) is 18.2 Å². The van der Waals surface area contributed by atoms with Crippen LogP contribution in [0.1, 0.15) is 12.8 Å². The van der Waals surface area contributed by atoms with Crippen molar-refractivity contribution in [1.29, 1.82) is 0 Å². The van der Waals surface area contributed by atoms with Crippen molar-refractivity contribution in [2.24, 2.45) is 11.7 Å². The van der Waals surface area contributed by atoms with Crippen molar-refractivity contribution >= 4 is 35.8 Å². The lowest BCUT2D eigenvalue weighted by atomic mass is 10.2. The first kappa shape index (κ1) is 16.9. The number of hydrogen-bond donors (Lipinski definition) is 2. The Morgan fingerprint density at radius 1 is 1.33 bits per heavy atom. The van der Waals surface area contributed by atoms with E-state index in [0.29, 0.717) is 5.92 Å². The van der Waals surface area contributed by atoms with Gasteiger partial charge in [0.1, 0.15) is 0 Å². The first-order valence-corrected chi connectivity index (χ1v) is 10.5. The van der Waals surface area contributed by atoms with Crippen LogP contribution in [-0.2, 0) is 19.9 Å². The number of sulfonamides is 1. The number of nitrogens with one attached hydrogen (secondary N) is 1. The molecule has 118 valence electrons. The van der Waals surface area contributed by atoms with E-state index >= 15 is 0 Å². The molecule has 3 N–H and O–H groups in total. The highest BCUT2D eigenvalue weighted by Gasteiger charge is 2.29. The molecule has 0 bridgehead atoms. The second-order valence-electron chi connectivity index (χ2n) is 5.22. The predicted molar refractivity (Wildman–Crippen MR) is 83.1 cm³/mol. The van der Waals surface area contributed by atoms with Gasteiger partial charge in [-0.2, -0.15) is 0 Å². The van der Waals surface area contributed by atoms with Gasteiger partial charge in [0.15, 0.2) is 9.84 Å². The molecule has 9 heteroatoms. The van der Waals surface area contributed by atoms with E-state index in [-0.39, 0.29) is 26.9 Å². The zero-order valence-corrected chi connectivity index (χ0v) is 14.6. The minimum atomic E-state index is -3.73. The van der Waals surface area contributed by atoms with E-state index in [4.69, 9.17) is 5.73 Å². The van der Waals surface area contributed by atoms with Gasteiger partial charge in [0.05, 0.1) is 9.79 Å². The second-order valence-corrected chi connectivity index (χ2v) is 9.82. The fraction of sp³-hybridized carbons (Fsp3) is 0.500. The third-order valence-electron chi connectivity index (χ3n) is 3.36. The quantitative estimate of drug-likeness (QED) is 0.741. The van der Waals surface area contributed by atoms with Gasteiger partial charge in [-0.05, 0) is 52.9 Å². The van der Waals surface area contributed by atoms with Crippen LogP contribution in [-0.4, -0.2) is 35.7 Å². The summed E-state index contributed by atoms with van der Waals surface area (Å²) in [6.07, 6.45) is 3.14. The highest BCUT2D eigenvalue weighted by Crippen LogP contribution is 2.31. The SMILES string of the molecule is CS(=O)(=O)c1ccc(S(=O)(=O)NCC(N)C2CC2)c(Br)c1. The third kappa shape index (κ3) is 4.26. The van der Waals surface area contributed by atoms with Gasteiger partial charge in [0.25, 0.3) is 0 Å². The number of sulfone groups is 1. The average Bonchev–Trinajstić information content (AvgIpc) is 3.18. The molecule has 6 nitrogen and oxygen atoms in total. The van der Waals surface area contributed by atoms with E-state index in [1.54, 1.807) is 0 Å². The molecule has 1 aliphatic rings. The molecule has 1 saturated carbocycles. The summed E-state index contributed by atoms with van der Waals surface area (Å²) < 4.78 is 50.0. The minimum absolute atomic E-state index is 0.00195. The molecular formula is C12H17BrN2O4S2. The Balaban J connectivity index is 2.19. The Bertz CT molecular complexity index is 743. The molecule has 0 amide bonds. The fourth-order valence-electron chi connectivity index (χ4n) is 1.90. The lowest BCUT2D eigenvalue weighted by molar-refractivity contribution is 0.547. The van der Waals surface area contributed by atoms with Gasteiger partial charge in [0.2, 0.25) is 10.0 Å². The van der Waals surface area contributed by atoms with Crippen molar-refractivity contribution < 1.29 is 16.8 Å². The topological polar surface area (TPSA) is 106 Å². The van der Waals surface area contributed by atoms with Gasteiger partial charge >= 0.3 is 0 Å². The van der Waals surface area contributed by atoms with Crippen LogP contribution in [0.15, 0.2) is 32.5 Å². The Kier molecular flexibility index (Phi) is 4.79. The van der Waals surface area contributed by atoms with Crippen molar-refractivity contribution in [3.8, 4) is 0 Å². The van der Waals surface area contributed by atoms with Crippen LogP contribution < -0.4 is 10.5 Å². The van der Waals surface area contributed by atoms with E-state index in [9.17, 15) is 16.8 Å². The Morgan fingerprint density at radius 3 is 2.43 bits per heavy atom. The van der Waals surface area contributed by atoms with Crippen LogP contribution in [0.3, 0.4) is 0 Å². The van der Waals surface area contributed by atoms with Crippen LogP contribution in [0.25, 0.3) is 0 Å². The maximum absolute atomic E-state index is 12.2. The highest BCUT2D eigenvalue weighted by atomic mass is 79.9. The third-order valence-corrected chi connectivity index (χ3v) is 6.87. The highest BCUT2D eigenvalue weighted by molar-refractivity contribution is 9.10. The molecule has 0 saturated heterocycles. The van der Waals surface area contributed by atoms with Crippen LogP contribution in [0.2, 0.25) is 0 Å². The second kappa shape index (κ2) is 5.96. The smallest absolute Gasteiger partial charge is 0.241 e. The van der Waals surface area contributed by atoms with Gasteiger partial charge in [-0.1, -0.05) is 0 Å². The number of benzene rings is 1. The summed E-state index contributed by atoms with van der Waals surface area (Å²) >= 11 is 3.11. The molecule has 0 aromatic heterocycles. The summed E-state index contributed by atoms with van der Waals surface area (Å²) in [6.45, 7) is 0.174. The summed E-state index contributed by atoms with van der Waals surface area (Å²) in [5.74, 6) is 0.392. The maximum Gasteiger partial charge on any atom is 0.241 e. The number of nitrogens with two attached hydrogens (primary N) is 1. The molecule has 1 atom stereocenters. The van der Waals surface area contributed by atoms with Crippen molar-refractivity contribution in [3.63, 3.8) is 0 Å². The fourth-order valence-corrected chi connectivity index (χ4v) is 4.85. The molecule has 1 aromatic carbocycles. The largest absolute Gasteiger partial charge is 0.326 e. The Hall–Kier alpha value is -0.480. The molecule has 2 rings (SSSR count). The standard InChI is InChI=1S/C12H17BrN2O4S2/c1-20(16,17)9-4-5-12(10(13)6-9)21(18,19)15-7-11(14)8-2-3-8/h4-6,8,11,15H,2-3,7,14H2,1H3. The first-order valence-electron chi connectivity index (χ1n) is 6.36. The molecule has 0 heterocycles. The Morgan fingerprint density at radius 2 is 1.95 bits per heavy atom. The first-order chi connectivity index (χ1) is 9.61. The van der Waals surface area contributed by atoms with Crippen LogP contribution in [0.4, 0.5) is 0 Å². The zero-order valence-electron chi connectivity index (χ0n) is 11.4. The molecule has 0 radical (unpaired) electrons. The summed E-state index contributed by atoms with van der Waals surface area (Å²) in [6, 6.07) is 3.64. The summed E-state index contributed by atoms with van der Waals surface area (Å²) in [4.78, 5) is 0.0564. The molecule has 1 aromatic rings. The molecule has 1 fully saturated rings. The summed E-state index contributed by atoms with van der Waals surface area (Å²) in [7, 11) is -7.11. The summed E-state index contributed by atoms with van der Waals surface area (Å²) in [5.41, 5.74) is 5.87. The maximum atomic E-state index is 12.2. The van der Waals surface area contributed by atoms with Gasteiger partial charge in [0, 0.05) is 23.3 Å². The zero-order chi connectivity index (χ0) is 15.8. The van der Waals surface area contributed by atoms with Gasteiger partial charge < -0.3 is 5.73 Å². The van der Waals surface area contributed by atoms with Crippen molar-refractivity contribution in [1.82, 2.24) is 4.72 Å². The monoisotopic (exact) mass is 396 g/mol. The van der Waals surface area contributed by atoms with Crippen molar-refractivity contribution in [2.45, 2.75) is 28.7 Å². The molecular weight excluding hydrogens is 380 g/mol.